The number of nitrogens with one attached hydrogen (secondary N) is 2. The predicted molar refractivity (Wildman–Crippen MR) is 102 cm³/mol. The molecule has 2 unspecified atom stereocenters. The van der Waals surface area contributed by atoms with Crippen molar-refractivity contribution >= 4 is 27.3 Å². The first-order valence-electron chi connectivity index (χ1n) is 8.59. The van der Waals surface area contributed by atoms with Crippen LogP contribution in [0.5, 0.6) is 0 Å². The van der Waals surface area contributed by atoms with Gasteiger partial charge < -0.3 is 11.1 Å². The van der Waals surface area contributed by atoms with Gasteiger partial charge in [0.05, 0.1) is 4.90 Å². The molecule has 0 bridgehead atoms. The van der Waals surface area contributed by atoms with E-state index in [0.717, 1.165) is 18.4 Å². The van der Waals surface area contributed by atoms with E-state index in [0.29, 0.717) is 17.8 Å². The molecular weight excluding hydrogens is 350 g/mol. The van der Waals surface area contributed by atoms with Crippen molar-refractivity contribution in [2.75, 3.05) is 10.0 Å². The predicted octanol–water partition coefficient (Wildman–Crippen LogP) is 2.86. The minimum atomic E-state index is -3.64. The summed E-state index contributed by atoms with van der Waals surface area (Å²) in [6.45, 7) is 1.90. The topological polar surface area (TPSA) is 101 Å². The van der Waals surface area contributed by atoms with Crippen molar-refractivity contribution in [3.05, 3.63) is 54.1 Å². The Kier molecular flexibility index (Phi) is 5.29. The molecule has 138 valence electrons. The summed E-state index contributed by atoms with van der Waals surface area (Å²) in [6.07, 6.45) is 2.39. The molecule has 6 nitrogen and oxygen atoms in total. The SMILES string of the molecule is Cc1ccc(S(=O)(=O)Nc2ccc(NC(=O)C3CCC(N)C3)cc2)cc1. The molecule has 4 N–H and O–H groups in total. The van der Waals surface area contributed by atoms with E-state index in [9.17, 15) is 13.2 Å². The molecule has 0 saturated heterocycles. The molecule has 2 atom stereocenters. The van der Waals surface area contributed by atoms with Crippen LogP contribution in [-0.4, -0.2) is 20.4 Å². The Morgan fingerprint density at radius 2 is 1.62 bits per heavy atom. The van der Waals surface area contributed by atoms with Gasteiger partial charge >= 0.3 is 0 Å². The molecule has 7 heteroatoms. The third-order valence-corrected chi connectivity index (χ3v) is 5.98. The smallest absolute Gasteiger partial charge is 0.261 e. The van der Waals surface area contributed by atoms with E-state index in [4.69, 9.17) is 5.73 Å². The third kappa shape index (κ3) is 4.42. The molecular formula is C19H23N3O3S. The number of nitrogens with two attached hydrogens (primary N) is 1. The van der Waals surface area contributed by atoms with Crippen molar-refractivity contribution in [3.8, 4) is 0 Å². The van der Waals surface area contributed by atoms with E-state index in [1.54, 1.807) is 48.5 Å². The fourth-order valence-electron chi connectivity index (χ4n) is 3.05. The maximum atomic E-state index is 12.4. The number of sulfonamides is 1. The number of rotatable bonds is 5. The lowest BCUT2D eigenvalue weighted by atomic mass is 10.1. The van der Waals surface area contributed by atoms with Gasteiger partial charge in [0.2, 0.25) is 5.91 Å². The summed E-state index contributed by atoms with van der Waals surface area (Å²) in [5.41, 5.74) is 7.91. The van der Waals surface area contributed by atoms with Crippen LogP contribution in [0.4, 0.5) is 11.4 Å². The van der Waals surface area contributed by atoms with E-state index >= 15 is 0 Å². The zero-order valence-corrected chi connectivity index (χ0v) is 15.4. The maximum Gasteiger partial charge on any atom is 0.261 e. The number of hydrogen-bond acceptors (Lipinski definition) is 4. The molecule has 0 heterocycles. The summed E-state index contributed by atoms with van der Waals surface area (Å²) in [7, 11) is -3.64. The lowest BCUT2D eigenvalue weighted by Gasteiger charge is -2.12. The molecule has 26 heavy (non-hydrogen) atoms. The van der Waals surface area contributed by atoms with Crippen molar-refractivity contribution in [1.29, 1.82) is 0 Å². The number of hydrogen-bond donors (Lipinski definition) is 3. The highest BCUT2D eigenvalue weighted by Crippen LogP contribution is 2.26. The maximum absolute atomic E-state index is 12.4. The standard InChI is InChI=1S/C19H23N3O3S/c1-13-2-10-18(11-3-13)26(24,25)22-17-8-6-16(7-9-17)21-19(23)14-4-5-15(20)12-14/h2-3,6-11,14-15,22H,4-5,12,20H2,1H3,(H,21,23). The molecule has 2 aromatic rings. The van der Waals surface area contributed by atoms with Crippen LogP contribution in [-0.2, 0) is 14.8 Å². The van der Waals surface area contributed by atoms with Crippen LogP contribution >= 0.6 is 0 Å². The Morgan fingerprint density at radius 3 is 2.19 bits per heavy atom. The fraction of sp³-hybridized carbons (Fsp3) is 0.316. The number of carbonyl (C=O) groups is 1. The van der Waals surface area contributed by atoms with Crippen molar-refractivity contribution in [3.63, 3.8) is 0 Å². The number of carbonyl (C=O) groups excluding carboxylic acids is 1. The zero-order valence-electron chi connectivity index (χ0n) is 14.6. The van der Waals surface area contributed by atoms with E-state index in [1.165, 1.54) is 0 Å². The van der Waals surface area contributed by atoms with Gasteiger partial charge in [-0.15, -0.1) is 0 Å². The molecule has 1 saturated carbocycles. The lowest BCUT2D eigenvalue weighted by molar-refractivity contribution is -0.119. The highest BCUT2D eigenvalue weighted by molar-refractivity contribution is 7.92. The highest BCUT2D eigenvalue weighted by atomic mass is 32.2. The second kappa shape index (κ2) is 7.47. The number of aryl methyl sites for hydroxylation is 1. The Balaban J connectivity index is 1.64. The average Bonchev–Trinajstić information content (AvgIpc) is 3.03. The van der Waals surface area contributed by atoms with E-state index in [1.807, 2.05) is 6.92 Å². The molecule has 0 spiro atoms. The Hall–Kier alpha value is -2.38. The van der Waals surface area contributed by atoms with Gasteiger partial charge in [0.25, 0.3) is 10.0 Å². The summed E-state index contributed by atoms with van der Waals surface area (Å²) in [6, 6.07) is 13.4. The molecule has 2 aromatic carbocycles. The van der Waals surface area contributed by atoms with Gasteiger partial charge in [-0.3, -0.25) is 9.52 Å². The van der Waals surface area contributed by atoms with Crippen molar-refractivity contribution in [1.82, 2.24) is 0 Å². The van der Waals surface area contributed by atoms with Gasteiger partial charge in [0, 0.05) is 23.3 Å². The van der Waals surface area contributed by atoms with Crippen molar-refractivity contribution < 1.29 is 13.2 Å². The summed E-state index contributed by atoms with van der Waals surface area (Å²) in [4.78, 5) is 12.4. The van der Waals surface area contributed by atoms with Crippen LogP contribution in [0.25, 0.3) is 0 Å². The monoisotopic (exact) mass is 373 g/mol. The van der Waals surface area contributed by atoms with Crippen molar-refractivity contribution in [2.45, 2.75) is 37.1 Å². The van der Waals surface area contributed by atoms with Crippen LogP contribution < -0.4 is 15.8 Å². The molecule has 1 aliphatic rings. The minimum Gasteiger partial charge on any atom is -0.328 e. The summed E-state index contributed by atoms with van der Waals surface area (Å²) in [5, 5.41) is 2.86. The van der Waals surface area contributed by atoms with Crippen molar-refractivity contribution in [2.24, 2.45) is 11.7 Å². The third-order valence-electron chi connectivity index (χ3n) is 4.58. The largest absolute Gasteiger partial charge is 0.328 e. The molecule has 1 amide bonds. The van der Waals surface area contributed by atoms with Gasteiger partial charge in [-0.25, -0.2) is 8.42 Å². The summed E-state index contributed by atoms with van der Waals surface area (Å²) >= 11 is 0. The fourth-order valence-corrected chi connectivity index (χ4v) is 4.11. The van der Waals surface area contributed by atoms with E-state index in [-0.39, 0.29) is 22.8 Å². The van der Waals surface area contributed by atoms with Crippen LogP contribution in [0.2, 0.25) is 0 Å². The average molecular weight is 373 g/mol. The first-order valence-corrected chi connectivity index (χ1v) is 10.1. The molecule has 1 fully saturated rings. The molecule has 0 radical (unpaired) electrons. The van der Waals surface area contributed by atoms with E-state index in [2.05, 4.69) is 10.0 Å². The Bertz CT molecular complexity index is 877. The van der Waals surface area contributed by atoms with Crippen LogP contribution in [0, 0.1) is 12.8 Å². The first kappa shape index (κ1) is 18.4. The van der Waals surface area contributed by atoms with E-state index < -0.39 is 10.0 Å². The second-order valence-electron chi connectivity index (χ2n) is 6.76. The Labute approximate surface area is 153 Å². The highest BCUT2D eigenvalue weighted by Gasteiger charge is 2.27. The first-order chi connectivity index (χ1) is 12.3. The number of anilines is 2. The summed E-state index contributed by atoms with van der Waals surface area (Å²) < 4.78 is 27.3. The summed E-state index contributed by atoms with van der Waals surface area (Å²) in [5.74, 6) is -0.0874. The van der Waals surface area contributed by atoms with Gasteiger partial charge in [0.15, 0.2) is 0 Å². The van der Waals surface area contributed by atoms with Crippen LogP contribution in [0.15, 0.2) is 53.4 Å². The number of amides is 1. The molecule has 0 aromatic heterocycles. The van der Waals surface area contributed by atoms with Gasteiger partial charge in [-0.1, -0.05) is 17.7 Å². The van der Waals surface area contributed by atoms with Gasteiger partial charge in [-0.2, -0.15) is 0 Å². The normalized spacial score (nSPS) is 19.9. The zero-order chi connectivity index (χ0) is 18.7. The quantitative estimate of drug-likeness (QED) is 0.750. The lowest BCUT2D eigenvalue weighted by Crippen LogP contribution is -2.23. The molecule has 1 aliphatic carbocycles. The molecule has 3 rings (SSSR count). The van der Waals surface area contributed by atoms with Crippen LogP contribution in [0.1, 0.15) is 24.8 Å². The van der Waals surface area contributed by atoms with Crippen LogP contribution in [0.3, 0.4) is 0 Å². The van der Waals surface area contributed by atoms with Gasteiger partial charge in [-0.05, 0) is 62.6 Å². The number of benzene rings is 2. The Morgan fingerprint density at radius 1 is 1.00 bits per heavy atom. The minimum absolute atomic E-state index is 0.0362. The second-order valence-corrected chi connectivity index (χ2v) is 8.44. The van der Waals surface area contributed by atoms with Gasteiger partial charge in [0.1, 0.15) is 0 Å². The molecule has 0 aliphatic heterocycles.